The van der Waals surface area contributed by atoms with Crippen LogP contribution >= 0.6 is 11.3 Å². The number of nitrogens with one attached hydrogen (secondary N) is 1. The van der Waals surface area contributed by atoms with Gasteiger partial charge < -0.3 is 5.32 Å². The van der Waals surface area contributed by atoms with Gasteiger partial charge in [0.2, 0.25) is 5.91 Å². The Bertz CT molecular complexity index is 777. The number of hydrogen-bond acceptors (Lipinski definition) is 3. The molecule has 4 heteroatoms. The van der Waals surface area contributed by atoms with E-state index in [1.54, 1.807) is 11.3 Å². The third-order valence-electron chi connectivity index (χ3n) is 3.70. The number of thiazole rings is 1. The molecule has 0 unspecified atom stereocenters. The molecule has 3 aromatic rings. The molecule has 1 amide bonds. The molecule has 1 heterocycles. The Labute approximate surface area is 140 Å². The lowest BCUT2D eigenvalue weighted by molar-refractivity contribution is -0.121. The molecular formula is C19H20N2OS. The van der Waals surface area contributed by atoms with E-state index in [0.29, 0.717) is 13.0 Å². The molecule has 0 bridgehead atoms. The maximum atomic E-state index is 11.9. The summed E-state index contributed by atoms with van der Waals surface area (Å²) in [6.45, 7) is 2.66. The summed E-state index contributed by atoms with van der Waals surface area (Å²) in [5.74, 6) is 0.104. The van der Waals surface area contributed by atoms with Gasteiger partial charge >= 0.3 is 0 Å². The molecule has 23 heavy (non-hydrogen) atoms. The molecular weight excluding hydrogens is 304 g/mol. The molecule has 3 nitrogen and oxygen atoms in total. The topological polar surface area (TPSA) is 42.0 Å². The van der Waals surface area contributed by atoms with E-state index in [2.05, 4.69) is 35.4 Å². The van der Waals surface area contributed by atoms with Crippen molar-refractivity contribution in [2.75, 3.05) is 0 Å². The van der Waals surface area contributed by atoms with E-state index in [0.717, 1.165) is 28.9 Å². The summed E-state index contributed by atoms with van der Waals surface area (Å²) in [6.07, 6.45) is 2.23. The molecule has 0 saturated carbocycles. The fourth-order valence-corrected chi connectivity index (χ4v) is 3.55. The summed E-state index contributed by atoms with van der Waals surface area (Å²) in [7, 11) is 0. The van der Waals surface area contributed by atoms with Crippen molar-refractivity contribution in [2.24, 2.45) is 0 Å². The van der Waals surface area contributed by atoms with Gasteiger partial charge in [-0.2, -0.15) is 0 Å². The van der Waals surface area contributed by atoms with Gasteiger partial charge in [0.15, 0.2) is 0 Å². The van der Waals surface area contributed by atoms with Crippen LogP contribution in [0.15, 0.2) is 48.5 Å². The normalized spacial score (nSPS) is 10.8. The second-order valence-electron chi connectivity index (χ2n) is 5.69. The van der Waals surface area contributed by atoms with E-state index in [-0.39, 0.29) is 5.91 Å². The fraction of sp³-hybridized carbons (Fsp3) is 0.263. The van der Waals surface area contributed by atoms with Gasteiger partial charge in [0.25, 0.3) is 0 Å². The van der Waals surface area contributed by atoms with E-state index in [9.17, 15) is 4.79 Å². The largest absolute Gasteiger partial charge is 0.352 e. The Morgan fingerprint density at radius 3 is 2.87 bits per heavy atom. The predicted octanol–water partition coefficient (Wildman–Crippen LogP) is 4.24. The highest BCUT2D eigenvalue weighted by Crippen LogP contribution is 2.22. The highest BCUT2D eigenvalue weighted by molar-refractivity contribution is 7.18. The van der Waals surface area contributed by atoms with Crippen LogP contribution in [0.1, 0.15) is 29.0 Å². The standard InChI is InChI=1S/C19H20N2OS/c1-14-6-4-7-15(12-14)13-20-18(22)10-5-11-19-21-16-8-2-3-9-17(16)23-19/h2-4,6-9,12H,5,10-11,13H2,1H3,(H,20,22). The Hall–Kier alpha value is -2.20. The minimum Gasteiger partial charge on any atom is -0.352 e. The summed E-state index contributed by atoms with van der Waals surface area (Å²) in [6, 6.07) is 16.4. The quantitative estimate of drug-likeness (QED) is 0.737. The minimum absolute atomic E-state index is 0.104. The van der Waals surface area contributed by atoms with E-state index in [1.165, 1.54) is 10.3 Å². The average Bonchev–Trinajstić information content (AvgIpc) is 2.96. The van der Waals surface area contributed by atoms with Gasteiger partial charge in [-0.3, -0.25) is 4.79 Å². The first kappa shape index (κ1) is 15.7. The lowest BCUT2D eigenvalue weighted by Crippen LogP contribution is -2.22. The zero-order chi connectivity index (χ0) is 16.1. The lowest BCUT2D eigenvalue weighted by atomic mass is 10.1. The molecule has 0 aliphatic rings. The SMILES string of the molecule is Cc1cccc(CNC(=O)CCCc2nc3ccccc3s2)c1. The Morgan fingerprint density at radius 1 is 1.17 bits per heavy atom. The number of para-hydroxylation sites is 1. The van der Waals surface area contributed by atoms with Crippen molar-refractivity contribution in [1.29, 1.82) is 0 Å². The van der Waals surface area contributed by atoms with Crippen LogP contribution in [0.25, 0.3) is 10.2 Å². The van der Waals surface area contributed by atoms with Gasteiger partial charge in [0, 0.05) is 13.0 Å². The Kier molecular flexibility index (Phi) is 5.03. The summed E-state index contributed by atoms with van der Waals surface area (Å²) in [5, 5.41) is 4.09. The van der Waals surface area contributed by atoms with Gasteiger partial charge in [0.05, 0.1) is 15.2 Å². The molecule has 0 aliphatic carbocycles. The molecule has 3 rings (SSSR count). The molecule has 118 valence electrons. The van der Waals surface area contributed by atoms with E-state index in [4.69, 9.17) is 0 Å². The molecule has 0 spiro atoms. The van der Waals surface area contributed by atoms with Gasteiger partial charge in [-0.05, 0) is 37.5 Å². The maximum absolute atomic E-state index is 11.9. The van der Waals surface area contributed by atoms with E-state index < -0.39 is 0 Å². The molecule has 1 aromatic heterocycles. The number of nitrogens with zero attached hydrogens (tertiary/aromatic N) is 1. The molecule has 0 atom stereocenters. The van der Waals surface area contributed by atoms with Crippen molar-refractivity contribution < 1.29 is 4.79 Å². The van der Waals surface area contributed by atoms with Gasteiger partial charge in [-0.15, -0.1) is 11.3 Å². The molecule has 1 N–H and O–H groups in total. The van der Waals surface area contributed by atoms with Crippen molar-refractivity contribution in [1.82, 2.24) is 10.3 Å². The summed E-state index contributed by atoms with van der Waals surface area (Å²) in [5.41, 5.74) is 3.41. The number of carbonyl (C=O) groups excluding carboxylic acids is 1. The van der Waals surface area contributed by atoms with Gasteiger partial charge in [0.1, 0.15) is 0 Å². The highest BCUT2D eigenvalue weighted by atomic mass is 32.1. The average molecular weight is 324 g/mol. The predicted molar refractivity (Wildman–Crippen MR) is 95.6 cm³/mol. The zero-order valence-corrected chi connectivity index (χ0v) is 14.0. The first-order valence-electron chi connectivity index (χ1n) is 7.87. The van der Waals surface area contributed by atoms with E-state index >= 15 is 0 Å². The van der Waals surface area contributed by atoms with Crippen LogP contribution in [-0.4, -0.2) is 10.9 Å². The molecule has 0 saturated heterocycles. The zero-order valence-electron chi connectivity index (χ0n) is 13.2. The van der Waals surface area contributed by atoms with Crippen LogP contribution in [0.4, 0.5) is 0 Å². The number of rotatable bonds is 6. The van der Waals surface area contributed by atoms with Crippen LogP contribution in [0.3, 0.4) is 0 Å². The smallest absolute Gasteiger partial charge is 0.220 e. The first-order chi connectivity index (χ1) is 11.2. The van der Waals surface area contributed by atoms with Crippen LogP contribution in [-0.2, 0) is 17.8 Å². The first-order valence-corrected chi connectivity index (χ1v) is 8.69. The number of carbonyl (C=O) groups is 1. The highest BCUT2D eigenvalue weighted by Gasteiger charge is 2.05. The van der Waals surface area contributed by atoms with Crippen LogP contribution in [0, 0.1) is 6.92 Å². The molecule has 0 aliphatic heterocycles. The summed E-state index contributed by atoms with van der Waals surface area (Å²) < 4.78 is 1.21. The fourth-order valence-electron chi connectivity index (χ4n) is 2.54. The second kappa shape index (κ2) is 7.38. The molecule has 0 fully saturated rings. The van der Waals surface area contributed by atoms with Crippen molar-refractivity contribution in [3.05, 3.63) is 64.7 Å². The number of aryl methyl sites for hydroxylation is 2. The van der Waals surface area contributed by atoms with Crippen LogP contribution in [0.2, 0.25) is 0 Å². The van der Waals surface area contributed by atoms with Crippen LogP contribution < -0.4 is 5.32 Å². The minimum atomic E-state index is 0.104. The molecule has 2 aromatic carbocycles. The third kappa shape index (κ3) is 4.39. The van der Waals surface area contributed by atoms with Crippen molar-refractivity contribution in [2.45, 2.75) is 32.7 Å². The Balaban J connectivity index is 1.44. The van der Waals surface area contributed by atoms with Crippen molar-refractivity contribution in [3.63, 3.8) is 0 Å². The van der Waals surface area contributed by atoms with Crippen molar-refractivity contribution in [3.8, 4) is 0 Å². The lowest BCUT2D eigenvalue weighted by Gasteiger charge is -2.05. The number of amides is 1. The monoisotopic (exact) mass is 324 g/mol. The Morgan fingerprint density at radius 2 is 2.04 bits per heavy atom. The summed E-state index contributed by atoms with van der Waals surface area (Å²) >= 11 is 1.72. The molecule has 0 radical (unpaired) electrons. The number of fused-ring (bicyclic) bond motifs is 1. The second-order valence-corrected chi connectivity index (χ2v) is 6.81. The number of aromatic nitrogens is 1. The van der Waals surface area contributed by atoms with Crippen molar-refractivity contribution >= 4 is 27.5 Å². The van der Waals surface area contributed by atoms with Crippen LogP contribution in [0.5, 0.6) is 0 Å². The third-order valence-corrected chi connectivity index (χ3v) is 4.80. The maximum Gasteiger partial charge on any atom is 0.220 e. The van der Waals surface area contributed by atoms with E-state index in [1.807, 2.05) is 30.3 Å². The summed E-state index contributed by atoms with van der Waals surface area (Å²) in [4.78, 5) is 16.5. The number of benzene rings is 2. The number of hydrogen-bond donors (Lipinski definition) is 1. The van der Waals surface area contributed by atoms with Gasteiger partial charge in [-0.25, -0.2) is 4.98 Å². The van der Waals surface area contributed by atoms with Gasteiger partial charge in [-0.1, -0.05) is 42.0 Å².